The van der Waals surface area contributed by atoms with Crippen molar-refractivity contribution in [3.8, 4) is 0 Å². The number of aliphatic hydroxyl groups excluding tert-OH is 1. The largest absolute Gasteiger partial charge is 0.466 e. The van der Waals surface area contributed by atoms with Gasteiger partial charge in [0.1, 0.15) is 36.2 Å². The number of ketones is 3. The van der Waals surface area contributed by atoms with E-state index < -0.39 is 11.6 Å². The molecule has 0 saturated carbocycles. The minimum Gasteiger partial charge on any atom is -0.466 e. The molecule has 0 bridgehead atoms. The molecule has 2 aliphatic heterocycles. The maximum Gasteiger partial charge on any atom is 0.306 e. The van der Waals surface area contributed by atoms with E-state index in [9.17, 15) is 28.8 Å². The molecule has 0 radical (unpaired) electrons. The number of esters is 3. The number of Topliss-reactive ketones (excluding diaryl/α,β-unsaturated/α-hetero) is 3. The number of carbonyl (C=O) groups excluding carboxylic acids is 6. The van der Waals surface area contributed by atoms with Crippen molar-refractivity contribution < 1.29 is 67.0 Å². The van der Waals surface area contributed by atoms with Crippen molar-refractivity contribution in [1.29, 1.82) is 0 Å². The summed E-state index contributed by atoms with van der Waals surface area (Å²) in [5.74, 6) is -2.03. The standard InChI is InChI=1S/C11H18O5.2C7H12O3.C6H12O3.C2H6/c1-8(12)4-5-10(13)14-6-9-7-15-11(2,3)16-9;2*1-3-10-7(9)5-4-6(2)8;1-6(2)8-4-5(3-7)9-6;1-2/h9H,4-7H2,1-3H3;2*3-5H2,1-2H3;5,7H,3-4H2,1-2H3;1-2H3. The molecule has 276 valence electrons. The molecule has 0 spiro atoms. The Labute approximate surface area is 280 Å². The van der Waals surface area contributed by atoms with Crippen LogP contribution in [0.15, 0.2) is 0 Å². The van der Waals surface area contributed by atoms with Gasteiger partial charge in [-0.25, -0.2) is 0 Å². The molecule has 2 aliphatic rings. The monoisotopic (exact) mass is 680 g/mol. The third-order valence-corrected chi connectivity index (χ3v) is 5.42. The molecule has 0 aromatic rings. The van der Waals surface area contributed by atoms with Crippen LogP contribution in [0, 0.1) is 0 Å². The van der Waals surface area contributed by atoms with Gasteiger partial charge in [0.25, 0.3) is 0 Å². The number of hydrogen-bond donors (Lipinski definition) is 1. The van der Waals surface area contributed by atoms with Crippen LogP contribution in [0.25, 0.3) is 0 Å². The van der Waals surface area contributed by atoms with Crippen molar-refractivity contribution in [3.05, 3.63) is 0 Å². The first-order valence-electron chi connectivity index (χ1n) is 16.1. The molecule has 14 heteroatoms. The van der Waals surface area contributed by atoms with Gasteiger partial charge in [0, 0.05) is 19.3 Å². The van der Waals surface area contributed by atoms with Crippen molar-refractivity contribution in [2.75, 3.05) is 39.6 Å². The van der Waals surface area contributed by atoms with Gasteiger partial charge in [-0.3, -0.25) is 14.4 Å². The van der Waals surface area contributed by atoms with Gasteiger partial charge in [0.05, 0.1) is 52.3 Å². The Kier molecular flexibility index (Phi) is 29.2. The van der Waals surface area contributed by atoms with Crippen molar-refractivity contribution >= 4 is 35.3 Å². The van der Waals surface area contributed by atoms with Crippen molar-refractivity contribution in [1.82, 2.24) is 0 Å². The van der Waals surface area contributed by atoms with Crippen LogP contribution in [-0.2, 0) is 61.9 Å². The van der Waals surface area contributed by atoms with E-state index in [0.29, 0.717) is 39.3 Å². The van der Waals surface area contributed by atoms with E-state index in [-0.39, 0.29) is 86.4 Å². The lowest BCUT2D eigenvalue weighted by Crippen LogP contribution is -2.25. The lowest BCUT2D eigenvalue weighted by atomic mass is 10.2. The van der Waals surface area contributed by atoms with E-state index in [4.69, 9.17) is 28.8 Å². The first-order chi connectivity index (χ1) is 21.9. The van der Waals surface area contributed by atoms with Crippen LogP contribution in [0.1, 0.15) is 115 Å². The second-order valence-corrected chi connectivity index (χ2v) is 11.0. The van der Waals surface area contributed by atoms with E-state index in [1.807, 2.05) is 41.5 Å². The predicted octanol–water partition coefficient (Wildman–Crippen LogP) is 4.04. The summed E-state index contributed by atoms with van der Waals surface area (Å²) in [6, 6.07) is 0. The second kappa shape index (κ2) is 28.3. The highest BCUT2D eigenvalue weighted by Gasteiger charge is 2.33. The van der Waals surface area contributed by atoms with E-state index in [1.165, 1.54) is 20.8 Å². The lowest BCUT2D eigenvalue weighted by Gasteiger charge is -2.16. The maximum absolute atomic E-state index is 11.2. The Morgan fingerprint density at radius 3 is 1.15 bits per heavy atom. The zero-order valence-corrected chi connectivity index (χ0v) is 30.4. The van der Waals surface area contributed by atoms with Crippen LogP contribution in [0.5, 0.6) is 0 Å². The van der Waals surface area contributed by atoms with E-state index in [2.05, 4.69) is 9.47 Å². The van der Waals surface area contributed by atoms with Crippen molar-refractivity contribution in [2.45, 2.75) is 138 Å². The molecule has 14 nitrogen and oxygen atoms in total. The van der Waals surface area contributed by atoms with Crippen LogP contribution in [0.4, 0.5) is 0 Å². The zero-order valence-electron chi connectivity index (χ0n) is 30.4. The maximum atomic E-state index is 11.2. The Morgan fingerprint density at radius 1 is 0.596 bits per heavy atom. The summed E-state index contributed by atoms with van der Waals surface area (Å²) in [5, 5.41) is 8.59. The topological polar surface area (TPSA) is 187 Å². The Morgan fingerprint density at radius 2 is 0.915 bits per heavy atom. The highest BCUT2D eigenvalue weighted by atomic mass is 16.8. The lowest BCUT2D eigenvalue weighted by molar-refractivity contribution is -0.158. The summed E-state index contributed by atoms with van der Waals surface area (Å²) < 4.78 is 35.3. The van der Waals surface area contributed by atoms with E-state index in [1.54, 1.807) is 13.8 Å². The molecule has 2 unspecified atom stereocenters. The molecule has 2 rings (SSSR count). The minimum atomic E-state index is -0.601. The summed E-state index contributed by atoms with van der Waals surface area (Å²) in [6.07, 6.45) is 1.03. The third kappa shape index (κ3) is 32.9. The fourth-order valence-corrected chi connectivity index (χ4v) is 3.26. The summed E-state index contributed by atoms with van der Waals surface area (Å²) in [5.41, 5.74) is 0. The van der Waals surface area contributed by atoms with E-state index >= 15 is 0 Å². The molecular formula is C33H60O14. The average Bonchev–Trinajstić information content (AvgIpc) is 3.54. The minimum absolute atomic E-state index is 0.0152. The highest BCUT2D eigenvalue weighted by molar-refractivity contribution is 5.82. The quantitative estimate of drug-likeness (QED) is 0.204. The summed E-state index contributed by atoms with van der Waals surface area (Å²) >= 11 is 0. The molecule has 0 aliphatic carbocycles. The molecule has 2 atom stereocenters. The van der Waals surface area contributed by atoms with Gasteiger partial charge in [0.2, 0.25) is 0 Å². The van der Waals surface area contributed by atoms with Crippen molar-refractivity contribution in [3.63, 3.8) is 0 Å². The average molecular weight is 681 g/mol. The highest BCUT2D eigenvalue weighted by Crippen LogP contribution is 2.22. The molecule has 0 aromatic carbocycles. The molecule has 0 aromatic heterocycles. The van der Waals surface area contributed by atoms with Crippen LogP contribution in [0.3, 0.4) is 0 Å². The predicted molar refractivity (Wildman–Crippen MR) is 172 cm³/mol. The molecule has 47 heavy (non-hydrogen) atoms. The van der Waals surface area contributed by atoms with Crippen LogP contribution in [-0.4, -0.2) is 104 Å². The van der Waals surface area contributed by atoms with Crippen molar-refractivity contribution in [2.24, 2.45) is 0 Å². The number of hydrogen-bond acceptors (Lipinski definition) is 14. The Bertz CT molecular complexity index is 881. The number of aliphatic hydroxyl groups is 1. The SMILES string of the molecule is CC.CC(=O)CCC(=O)OCC1COC(C)(C)O1.CC1(C)OCC(CO)O1.CCOC(=O)CCC(C)=O.CCOC(=O)CCC(C)=O. The van der Waals surface area contributed by atoms with Gasteiger partial charge in [-0.05, 0) is 62.3 Å². The molecule has 2 saturated heterocycles. The fourth-order valence-electron chi connectivity index (χ4n) is 3.26. The van der Waals surface area contributed by atoms with Crippen LogP contribution >= 0.6 is 0 Å². The molecule has 1 N–H and O–H groups in total. The smallest absolute Gasteiger partial charge is 0.306 e. The van der Waals surface area contributed by atoms with Gasteiger partial charge in [-0.1, -0.05) is 13.8 Å². The van der Waals surface area contributed by atoms with Gasteiger partial charge >= 0.3 is 17.9 Å². The van der Waals surface area contributed by atoms with Gasteiger partial charge < -0.3 is 52.6 Å². The second-order valence-electron chi connectivity index (χ2n) is 11.0. The van der Waals surface area contributed by atoms with Gasteiger partial charge in [-0.2, -0.15) is 0 Å². The molecule has 2 fully saturated rings. The Hall–Kier alpha value is -2.78. The van der Waals surface area contributed by atoms with Gasteiger partial charge in [0.15, 0.2) is 11.6 Å². The van der Waals surface area contributed by atoms with Gasteiger partial charge in [-0.15, -0.1) is 0 Å². The number of carbonyl (C=O) groups is 6. The molecule has 2 heterocycles. The summed E-state index contributed by atoms with van der Waals surface area (Å²) in [4.78, 5) is 63.7. The normalized spacial score (nSPS) is 18.1. The number of rotatable bonds is 14. The first kappa shape index (κ1) is 48.6. The van der Waals surface area contributed by atoms with Crippen LogP contribution in [0.2, 0.25) is 0 Å². The van der Waals surface area contributed by atoms with Crippen LogP contribution < -0.4 is 0 Å². The molecular weight excluding hydrogens is 620 g/mol. The molecule has 0 amide bonds. The first-order valence-corrected chi connectivity index (χ1v) is 16.1. The number of ether oxygens (including phenoxy) is 7. The Balaban J connectivity index is -0.000000555. The summed E-state index contributed by atoms with van der Waals surface area (Å²) in [7, 11) is 0. The summed E-state index contributed by atoms with van der Waals surface area (Å²) in [6.45, 7) is 21.1. The van der Waals surface area contributed by atoms with E-state index in [0.717, 1.165) is 0 Å². The fraction of sp³-hybridized carbons (Fsp3) is 0.818. The zero-order chi connectivity index (χ0) is 37.1. The third-order valence-electron chi connectivity index (χ3n) is 5.42.